The van der Waals surface area contributed by atoms with Crippen molar-refractivity contribution in [1.82, 2.24) is 10.1 Å². The predicted molar refractivity (Wildman–Crippen MR) is 54.7 cm³/mol. The van der Waals surface area contributed by atoms with Gasteiger partial charge in [0.15, 0.2) is 0 Å². The molecule has 17 heavy (non-hydrogen) atoms. The molecule has 1 fully saturated rings. The molecule has 1 aromatic heterocycles. The number of hydrogen-bond donors (Lipinski definition) is 1. The number of methoxy groups -OCH3 is 1. The molecule has 1 N–H and O–H groups in total. The Morgan fingerprint density at radius 2 is 2.35 bits per heavy atom. The SMILES string of the molecule is COc1cc(C(=O)N(CC(=O)O)C2CC2)on1. The summed E-state index contributed by atoms with van der Waals surface area (Å²) < 4.78 is 9.59. The average Bonchev–Trinajstić information content (AvgIpc) is 3.02. The molecule has 0 spiro atoms. The van der Waals surface area contributed by atoms with Gasteiger partial charge in [0.25, 0.3) is 11.8 Å². The number of carbonyl (C=O) groups is 2. The third kappa shape index (κ3) is 2.55. The second-order valence-electron chi connectivity index (χ2n) is 3.79. The number of nitrogens with zero attached hydrogens (tertiary/aromatic N) is 2. The van der Waals surface area contributed by atoms with E-state index < -0.39 is 11.9 Å². The van der Waals surface area contributed by atoms with Crippen LogP contribution in [0.25, 0.3) is 0 Å². The Morgan fingerprint density at radius 3 is 2.82 bits per heavy atom. The minimum atomic E-state index is -1.04. The molecule has 1 aliphatic rings. The van der Waals surface area contributed by atoms with Crippen molar-refractivity contribution in [3.63, 3.8) is 0 Å². The largest absolute Gasteiger partial charge is 0.480 e. The topological polar surface area (TPSA) is 92.9 Å². The van der Waals surface area contributed by atoms with Gasteiger partial charge in [0.2, 0.25) is 5.76 Å². The second-order valence-corrected chi connectivity index (χ2v) is 3.79. The van der Waals surface area contributed by atoms with Crippen molar-refractivity contribution in [2.24, 2.45) is 0 Å². The van der Waals surface area contributed by atoms with E-state index in [0.717, 1.165) is 12.8 Å². The molecular weight excluding hydrogens is 228 g/mol. The zero-order chi connectivity index (χ0) is 12.4. The standard InChI is InChI=1S/C10H12N2O5/c1-16-8-4-7(17-11-8)10(15)12(5-9(13)14)6-2-3-6/h4,6H,2-3,5H2,1H3,(H,13,14). The van der Waals surface area contributed by atoms with E-state index in [4.69, 9.17) is 14.4 Å². The highest BCUT2D eigenvalue weighted by atomic mass is 16.5. The van der Waals surface area contributed by atoms with Gasteiger partial charge in [-0.15, -0.1) is 0 Å². The van der Waals surface area contributed by atoms with Gasteiger partial charge in [-0.3, -0.25) is 9.59 Å². The molecule has 0 saturated heterocycles. The first-order valence-corrected chi connectivity index (χ1v) is 5.15. The maximum atomic E-state index is 12.0. The van der Waals surface area contributed by atoms with Crippen LogP contribution in [0.4, 0.5) is 0 Å². The van der Waals surface area contributed by atoms with E-state index in [2.05, 4.69) is 5.16 Å². The van der Waals surface area contributed by atoms with Gasteiger partial charge in [-0.25, -0.2) is 0 Å². The van der Waals surface area contributed by atoms with E-state index in [1.807, 2.05) is 0 Å². The lowest BCUT2D eigenvalue weighted by molar-refractivity contribution is -0.137. The van der Waals surface area contributed by atoms with Crippen LogP contribution >= 0.6 is 0 Å². The number of aromatic nitrogens is 1. The molecule has 0 atom stereocenters. The quantitative estimate of drug-likeness (QED) is 0.799. The van der Waals surface area contributed by atoms with Crippen LogP contribution in [-0.4, -0.2) is 46.7 Å². The first-order chi connectivity index (χ1) is 8.11. The molecule has 0 radical (unpaired) electrons. The monoisotopic (exact) mass is 240 g/mol. The van der Waals surface area contributed by atoms with E-state index in [0.29, 0.717) is 0 Å². The molecule has 7 nitrogen and oxygen atoms in total. The molecule has 7 heteroatoms. The molecule has 1 heterocycles. The van der Waals surface area contributed by atoms with Gasteiger partial charge in [0.05, 0.1) is 13.2 Å². The van der Waals surface area contributed by atoms with E-state index in [1.165, 1.54) is 18.1 Å². The van der Waals surface area contributed by atoms with Gasteiger partial charge in [-0.05, 0) is 18.0 Å². The Morgan fingerprint density at radius 1 is 1.65 bits per heavy atom. The first-order valence-electron chi connectivity index (χ1n) is 5.15. The predicted octanol–water partition coefficient (Wildman–Crippen LogP) is 0.372. The third-order valence-electron chi connectivity index (χ3n) is 2.46. The smallest absolute Gasteiger partial charge is 0.323 e. The molecule has 0 unspecified atom stereocenters. The first kappa shape index (κ1) is 11.4. The summed E-state index contributed by atoms with van der Waals surface area (Å²) in [6.45, 7) is -0.327. The van der Waals surface area contributed by atoms with E-state index in [1.54, 1.807) is 0 Å². The lowest BCUT2D eigenvalue weighted by Gasteiger charge is -2.17. The zero-order valence-electron chi connectivity index (χ0n) is 9.25. The van der Waals surface area contributed by atoms with Gasteiger partial charge in [-0.2, -0.15) is 0 Å². The summed E-state index contributed by atoms with van der Waals surface area (Å²) in [5.74, 6) is -1.32. The summed E-state index contributed by atoms with van der Waals surface area (Å²) in [4.78, 5) is 23.9. The Kier molecular flexibility index (Phi) is 2.99. The van der Waals surface area contributed by atoms with Crippen molar-refractivity contribution < 1.29 is 24.0 Å². The average molecular weight is 240 g/mol. The molecule has 1 aromatic rings. The minimum Gasteiger partial charge on any atom is -0.480 e. The molecule has 92 valence electrons. The fourth-order valence-corrected chi connectivity index (χ4v) is 1.50. The van der Waals surface area contributed by atoms with Crippen LogP contribution in [0.15, 0.2) is 10.6 Å². The highest BCUT2D eigenvalue weighted by Crippen LogP contribution is 2.28. The summed E-state index contributed by atoms with van der Waals surface area (Å²) in [5, 5.41) is 12.2. The van der Waals surface area contributed by atoms with Crippen LogP contribution in [0.5, 0.6) is 5.88 Å². The van der Waals surface area contributed by atoms with Crippen molar-refractivity contribution in [1.29, 1.82) is 0 Å². The third-order valence-corrected chi connectivity index (χ3v) is 2.46. The number of hydrogen-bond acceptors (Lipinski definition) is 5. The summed E-state index contributed by atoms with van der Waals surface area (Å²) in [6.07, 6.45) is 1.65. The summed E-state index contributed by atoms with van der Waals surface area (Å²) in [5.41, 5.74) is 0. The Labute approximate surface area is 96.9 Å². The van der Waals surface area contributed by atoms with Crippen LogP contribution in [0.3, 0.4) is 0 Å². The maximum absolute atomic E-state index is 12.0. The van der Waals surface area contributed by atoms with E-state index >= 15 is 0 Å². The fourth-order valence-electron chi connectivity index (χ4n) is 1.50. The van der Waals surface area contributed by atoms with Gasteiger partial charge >= 0.3 is 5.97 Å². The summed E-state index contributed by atoms with van der Waals surface area (Å²) >= 11 is 0. The maximum Gasteiger partial charge on any atom is 0.323 e. The van der Waals surface area contributed by atoms with Crippen molar-refractivity contribution in [2.75, 3.05) is 13.7 Å². The molecule has 1 aliphatic carbocycles. The Hall–Kier alpha value is -2.05. The molecule has 0 aromatic carbocycles. The van der Waals surface area contributed by atoms with Crippen LogP contribution in [0.1, 0.15) is 23.4 Å². The second kappa shape index (κ2) is 4.44. The lowest BCUT2D eigenvalue weighted by Crippen LogP contribution is -2.37. The molecule has 0 bridgehead atoms. The molecule has 1 amide bonds. The fraction of sp³-hybridized carbons (Fsp3) is 0.500. The van der Waals surface area contributed by atoms with Crippen molar-refractivity contribution >= 4 is 11.9 Å². The Balaban J connectivity index is 2.12. The normalized spacial score (nSPS) is 14.4. The molecular formula is C10H12N2O5. The van der Waals surface area contributed by atoms with Gasteiger partial charge < -0.3 is 19.3 Å². The lowest BCUT2D eigenvalue weighted by atomic mass is 10.3. The number of ether oxygens (including phenoxy) is 1. The van der Waals surface area contributed by atoms with Crippen molar-refractivity contribution in [2.45, 2.75) is 18.9 Å². The Bertz CT molecular complexity index is 438. The number of amides is 1. The summed E-state index contributed by atoms with van der Waals surface area (Å²) in [6, 6.07) is 1.34. The van der Waals surface area contributed by atoms with Crippen LogP contribution in [0, 0.1) is 0 Å². The van der Waals surface area contributed by atoms with Gasteiger partial charge in [0.1, 0.15) is 6.54 Å². The van der Waals surface area contributed by atoms with Crippen LogP contribution in [0.2, 0.25) is 0 Å². The molecule has 1 saturated carbocycles. The zero-order valence-corrected chi connectivity index (χ0v) is 9.25. The highest BCUT2D eigenvalue weighted by molar-refractivity contribution is 5.94. The number of aliphatic carboxylic acids is 1. The van der Waals surface area contributed by atoms with Gasteiger partial charge in [-0.1, -0.05) is 0 Å². The van der Waals surface area contributed by atoms with Crippen molar-refractivity contribution in [3.8, 4) is 5.88 Å². The summed E-state index contributed by atoms with van der Waals surface area (Å²) in [7, 11) is 1.40. The van der Waals surface area contributed by atoms with E-state index in [9.17, 15) is 9.59 Å². The van der Waals surface area contributed by atoms with Crippen LogP contribution < -0.4 is 4.74 Å². The molecule has 0 aliphatic heterocycles. The van der Waals surface area contributed by atoms with Gasteiger partial charge in [0, 0.05) is 6.04 Å². The number of carbonyl (C=O) groups excluding carboxylic acids is 1. The number of rotatable bonds is 5. The number of carboxylic acids is 1. The van der Waals surface area contributed by atoms with Crippen molar-refractivity contribution in [3.05, 3.63) is 11.8 Å². The van der Waals surface area contributed by atoms with Crippen LogP contribution in [-0.2, 0) is 4.79 Å². The highest BCUT2D eigenvalue weighted by Gasteiger charge is 2.35. The number of carboxylic acid groups (broad SMARTS) is 1. The minimum absolute atomic E-state index is 0.00463. The van der Waals surface area contributed by atoms with E-state index in [-0.39, 0.29) is 24.2 Å². The molecule has 2 rings (SSSR count).